The molecule has 0 saturated carbocycles. The molecule has 2 heterocycles. The van der Waals surface area contributed by atoms with E-state index in [0.717, 1.165) is 10.4 Å². The van der Waals surface area contributed by atoms with Gasteiger partial charge in [0.1, 0.15) is 0 Å². The van der Waals surface area contributed by atoms with Crippen LogP contribution in [0, 0.1) is 11.3 Å². The van der Waals surface area contributed by atoms with E-state index in [0.29, 0.717) is 21.9 Å². The molecule has 1 aromatic heterocycles. The van der Waals surface area contributed by atoms with Gasteiger partial charge in [-0.2, -0.15) is 5.26 Å². The summed E-state index contributed by atoms with van der Waals surface area (Å²) in [7, 11) is 0. The lowest BCUT2D eigenvalue weighted by Gasteiger charge is -2.30. The fraction of sp³-hybridized carbons (Fsp3) is 0.261. The van der Waals surface area contributed by atoms with E-state index in [1.54, 1.807) is 13.8 Å². The normalized spacial score (nSPS) is 15.8. The van der Waals surface area contributed by atoms with Crippen molar-refractivity contribution in [3.05, 3.63) is 74.5 Å². The second-order valence-electron chi connectivity index (χ2n) is 6.40. The van der Waals surface area contributed by atoms with Crippen LogP contribution < -0.4 is 5.32 Å². The Balaban J connectivity index is 2.15. The summed E-state index contributed by atoms with van der Waals surface area (Å²) < 4.78 is 10.4. The Bertz CT molecular complexity index is 1040. The maximum absolute atomic E-state index is 13.1. The number of benzene rings is 1. The fourth-order valence-electron chi connectivity index (χ4n) is 3.23. The zero-order valence-electron chi connectivity index (χ0n) is 17.2. The lowest BCUT2D eigenvalue weighted by molar-refractivity contribution is -0.140. The fourth-order valence-corrected chi connectivity index (χ4v) is 4.91. The van der Waals surface area contributed by atoms with E-state index in [1.807, 2.05) is 47.8 Å². The molecule has 0 saturated heterocycles. The monoisotopic (exact) mass is 454 g/mol. The molecule has 0 fully saturated rings. The van der Waals surface area contributed by atoms with Crippen LogP contribution in [-0.2, 0) is 19.1 Å². The predicted octanol–water partition coefficient (Wildman–Crippen LogP) is 4.44. The number of nitriles is 1. The number of allylic oxidation sites excluding steroid dienone is 1. The van der Waals surface area contributed by atoms with E-state index in [2.05, 4.69) is 11.4 Å². The molecule has 1 aromatic carbocycles. The molecule has 1 aliphatic heterocycles. The Kier molecular flexibility index (Phi) is 7.93. The molecule has 1 N–H and O–H groups in total. The van der Waals surface area contributed by atoms with Crippen molar-refractivity contribution in [2.45, 2.75) is 19.8 Å². The molecule has 1 aliphatic rings. The average molecular weight is 455 g/mol. The summed E-state index contributed by atoms with van der Waals surface area (Å²) in [5, 5.41) is 15.7. The van der Waals surface area contributed by atoms with Gasteiger partial charge in [-0.1, -0.05) is 48.2 Å². The SMILES string of the molecule is CCOC(=O)CSC1=C(C#N)[C@@H](c2cccs2)C(C(=O)OCC)=C(c2ccccc2)N1. The summed E-state index contributed by atoms with van der Waals surface area (Å²) in [6, 6.07) is 15.5. The van der Waals surface area contributed by atoms with E-state index in [4.69, 9.17) is 9.47 Å². The second-order valence-corrected chi connectivity index (χ2v) is 8.36. The van der Waals surface area contributed by atoms with Crippen molar-refractivity contribution in [3.63, 3.8) is 0 Å². The standard InChI is InChI=1S/C23H22N2O4S2/c1-3-28-18(26)14-31-22-16(13-24)19(17-11-8-12-30-17)20(23(27)29-4-2)21(25-22)15-9-6-5-7-10-15/h5-12,19,25H,3-4,14H2,1-2H3/t19-/m0/s1. The summed E-state index contributed by atoms with van der Waals surface area (Å²) >= 11 is 2.66. The highest BCUT2D eigenvalue weighted by molar-refractivity contribution is 8.03. The minimum atomic E-state index is -0.592. The van der Waals surface area contributed by atoms with Gasteiger partial charge in [0.25, 0.3) is 0 Å². The number of thiophene rings is 1. The number of ether oxygens (including phenoxy) is 2. The first kappa shape index (κ1) is 22.7. The van der Waals surface area contributed by atoms with Gasteiger partial charge >= 0.3 is 11.9 Å². The summed E-state index contributed by atoms with van der Waals surface area (Å²) in [5.74, 6) is -1.39. The molecule has 3 rings (SSSR count). The molecule has 0 bridgehead atoms. The van der Waals surface area contributed by atoms with Crippen molar-refractivity contribution in [1.82, 2.24) is 5.32 Å². The number of nitrogens with one attached hydrogen (secondary N) is 1. The summed E-state index contributed by atoms with van der Waals surface area (Å²) in [4.78, 5) is 25.9. The molecule has 0 unspecified atom stereocenters. The van der Waals surface area contributed by atoms with E-state index in [-0.39, 0.29) is 24.9 Å². The molecule has 0 aliphatic carbocycles. The largest absolute Gasteiger partial charge is 0.465 e. The molecule has 8 heteroatoms. The first-order chi connectivity index (χ1) is 15.1. The van der Waals surface area contributed by atoms with Gasteiger partial charge in [0, 0.05) is 4.88 Å². The van der Waals surface area contributed by atoms with Gasteiger partial charge in [0.15, 0.2) is 0 Å². The van der Waals surface area contributed by atoms with Crippen molar-refractivity contribution in [2.24, 2.45) is 0 Å². The quantitative estimate of drug-likeness (QED) is 0.590. The third-order valence-corrected chi connectivity index (χ3v) is 6.40. The molecule has 160 valence electrons. The molecule has 1 atom stereocenters. The van der Waals surface area contributed by atoms with Crippen LogP contribution in [0.1, 0.15) is 30.2 Å². The van der Waals surface area contributed by atoms with E-state index < -0.39 is 11.9 Å². The summed E-state index contributed by atoms with van der Waals surface area (Å²) in [5.41, 5.74) is 2.12. The number of rotatable bonds is 8. The van der Waals surface area contributed by atoms with Crippen LogP contribution >= 0.6 is 23.1 Å². The van der Waals surface area contributed by atoms with E-state index in [9.17, 15) is 14.9 Å². The highest BCUT2D eigenvalue weighted by atomic mass is 32.2. The average Bonchev–Trinajstić information content (AvgIpc) is 3.32. The van der Waals surface area contributed by atoms with Gasteiger partial charge in [-0.25, -0.2) is 4.79 Å². The molecule has 31 heavy (non-hydrogen) atoms. The number of nitrogens with zero attached hydrogens (tertiary/aromatic N) is 1. The number of thioether (sulfide) groups is 1. The lowest BCUT2D eigenvalue weighted by Crippen LogP contribution is -2.29. The lowest BCUT2D eigenvalue weighted by atomic mass is 9.85. The van der Waals surface area contributed by atoms with Gasteiger partial charge in [0.05, 0.1) is 52.8 Å². The van der Waals surface area contributed by atoms with Crippen LogP contribution in [0.3, 0.4) is 0 Å². The van der Waals surface area contributed by atoms with Gasteiger partial charge < -0.3 is 14.8 Å². The molecule has 0 spiro atoms. The number of hydrogen-bond acceptors (Lipinski definition) is 8. The van der Waals surface area contributed by atoms with Crippen LogP contribution in [-0.4, -0.2) is 30.9 Å². The maximum atomic E-state index is 13.1. The first-order valence-electron chi connectivity index (χ1n) is 9.80. The maximum Gasteiger partial charge on any atom is 0.337 e. The Morgan fingerprint density at radius 3 is 2.48 bits per heavy atom. The van der Waals surface area contributed by atoms with Crippen molar-refractivity contribution in [1.29, 1.82) is 5.26 Å². The minimum absolute atomic E-state index is 0.0509. The minimum Gasteiger partial charge on any atom is -0.465 e. The highest BCUT2D eigenvalue weighted by Crippen LogP contribution is 2.44. The van der Waals surface area contributed by atoms with Crippen LogP contribution in [0.2, 0.25) is 0 Å². The Hall–Kier alpha value is -3.02. The molecule has 2 aromatic rings. The number of carbonyl (C=O) groups excluding carboxylic acids is 2. The smallest absolute Gasteiger partial charge is 0.337 e. The zero-order valence-corrected chi connectivity index (χ0v) is 18.8. The molecular formula is C23H22N2O4S2. The van der Waals surface area contributed by atoms with Crippen molar-refractivity contribution in [3.8, 4) is 6.07 Å². The molecule has 0 amide bonds. The van der Waals surface area contributed by atoms with Crippen LogP contribution in [0.4, 0.5) is 0 Å². The van der Waals surface area contributed by atoms with Gasteiger partial charge in [-0.3, -0.25) is 4.79 Å². The Morgan fingerprint density at radius 2 is 1.87 bits per heavy atom. The molecular weight excluding hydrogens is 432 g/mol. The highest BCUT2D eigenvalue weighted by Gasteiger charge is 2.37. The Labute approximate surface area is 189 Å². The van der Waals surface area contributed by atoms with Crippen molar-refractivity contribution >= 4 is 40.7 Å². The van der Waals surface area contributed by atoms with Crippen LogP contribution in [0.25, 0.3) is 5.70 Å². The molecule has 0 radical (unpaired) electrons. The third-order valence-electron chi connectivity index (χ3n) is 4.48. The topological polar surface area (TPSA) is 88.4 Å². The predicted molar refractivity (Wildman–Crippen MR) is 122 cm³/mol. The number of carbonyl (C=O) groups is 2. The Morgan fingerprint density at radius 1 is 1.13 bits per heavy atom. The summed E-state index contributed by atoms with van der Waals surface area (Å²) in [6.07, 6.45) is 0. The van der Waals surface area contributed by atoms with Crippen LogP contribution in [0.15, 0.2) is 64.0 Å². The van der Waals surface area contributed by atoms with Crippen molar-refractivity contribution in [2.75, 3.05) is 19.0 Å². The van der Waals surface area contributed by atoms with E-state index >= 15 is 0 Å². The van der Waals surface area contributed by atoms with Gasteiger partial charge in [-0.15, -0.1) is 11.3 Å². The van der Waals surface area contributed by atoms with Gasteiger partial charge in [0.2, 0.25) is 0 Å². The summed E-state index contributed by atoms with van der Waals surface area (Å²) in [6.45, 7) is 4.00. The molecule has 6 nitrogen and oxygen atoms in total. The van der Waals surface area contributed by atoms with E-state index in [1.165, 1.54) is 23.1 Å². The second kappa shape index (κ2) is 10.8. The number of hydrogen-bond donors (Lipinski definition) is 1. The third kappa shape index (κ3) is 5.19. The first-order valence-corrected chi connectivity index (χ1v) is 11.7. The number of dihydropyridines is 1. The van der Waals surface area contributed by atoms with Crippen molar-refractivity contribution < 1.29 is 19.1 Å². The van der Waals surface area contributed by atoms with Crippen LogP contribution in [0.5, 0.6) is 0 Å². The van der Waals surface area contributed by atoms with Gasteiger partial charge in [-0.05, 0) is 30.9 Å². The number of esters is 2. The zero-order chi connectivity index (χ0) is 22.2.